The first kappa shape index (κ1) is 13.6. The summed E-state index contributed by atoms with van der Waals surface area (Å²) in [6.07, 6.45) is 3.33. The number of carbonyl (C=O) groups excluding carboxylic acids is 1. The van der Waals surface area contributed by atoms with Gasteiger partial charge in [0.15, 0.2) is 0 Å². The monoisotopic (exact) mass is 260 g/mol. The highest BCUT2D eigenvalue weighted by molar-refractivity contribution is 5.91. The van der Waals surface area contributed by atoms with Crippen molar-refractivity contribution in [1.29, 1.82) is 0 Å². The predicted molar refractivity (Wildman–Crippen MR) is 77.1 cm³/mol. The van der Waals surface area contributed by atoms with Crippen molar-refractivity contribution in [3.05, 3.63) is 35.9 Å². The van der Waals surface area contributed by atoms with Crippen LogP contribution in [0.2, 0.25) is 0 Å². The molecule has 3 N–H and O–H groups in total. The highest BCUT2D eigenvalue weighted by Crippen LogP contribution is 2.06. The molecule has 1 fully saturated rings. The van der Waals surface area contributed by atoms with Gasteiger partial charge < -0.3 is 10.6 Å². The third-order valence-corrected chi connectivity index (χ3v) is 3.14. The Morgan fingerprint density at radius 3 is 2.47 bits per heavy atom. The van der Waals surface area contributed by atoms with E-state index in [2.05, 4.69) is 17.4 Å². The Balaban J connectivity index is 1.82. The molecule has 0 radical (unpaired) electrons. The highest BCUT2D eigenvalue weighted by atomic mass is 16.2. The van der Waals surface area contributed by atoms with E-state index in [-0.39, 0.29) is 5.91 Å². The van der Waals surface area contributed by atoms with E-state index in [0.717, 1.165) is 37.4 Å². The lowest BCUT2D eigenvalue weighted by atomic mass is 10.2. The molecule has 0 atom stereocenters. The minimum absolute atomic E-state index is 0.0959. The predicted octanol–water partition coefficient (Wildman–Crippen LogP) is 0.561. The molecule has 0 bridgehead atoms. The number of hydrogen-bond donors (Lipinski definition) is 2. The van der Waals surface area contributed by atoms with E-state index in [9.17, 15) is 4.79 Å². The fourth-order valence-electron chi connectivity index (χ4n) is 1.89. The Morgan fingerprint density at radius 2 is 1.84 bits per heavy atom. The van der Waals surface area contributed by atoms with Gasteiger partial charge in [-0.15, -0.1) is 0 Å². The maximum absolute atomic E-state index is 11.8. The average molecular weight is 260 g/mol. The lowest BCUT2D eigenvalue weighted by Gasteiger charge is -2.31. The zero-order chi connectivity index (χ0) is 13.7. The van der Waals surface area contributed by atoms with E-state index in [1.807, 2.05) is 29.3 Å². The van der Waals surface area contributed by atoms with Gasteiger partial charge in [-0.25, -0.2) is 5.01 Å². The van der Waals surface area contributed by atoms with E-state index < -0.39 is 0 Å². The summed E-state index contributed by atoms with van der Waals surface area (Å²) in [4.78, 5) is 14.0. The standard InChI is InChI=1S/C14H20N4O/c1-17-8-10-18(11-9-17)16-14(19)7-4-12-2-5-13(15)6-3-12/h2-7H,8-11,15H2,1H3,(H,16,19)/b7-4+. The second kappa shape index (κ2) is 6.36. The van der Waals surface area contributed by atoms with Gasteiger partial charge in [0.25, 0.3) is 5.91 Å². The largest absolute Gasteiger partial charge is 0.399 e. The third kappa shape index (κ3) is 4.39. The Labute approximate surface area is 113 Å². The van der Waals surface area contributed by atoms with E-state index in [0.29, 0.717) is 0 Å². The van der Waals surface area contributed by atoms with Crippen LogP contribution < -0.4 is 11.2 Å². The van der Waals surface area contributed by atoms with Gasteiger partial charge in [0, 0.05) is 37.9 Å². The molecule has 0 aromatic heterocycles. The van der Waals surface area contributed by atoms with Crippen molar-refractivity contribution in [2.24, 2.45) is 0 Å². The summed E-state index contributed by atoms with van der Waals surface area (Å²) in [5, 5.41) is 1.95. The van der Waals surface area contributed by atoms with Crippen molar-refractivity contribution in [3.8, 4) is 0 Å². The van der Waals surface area contributed by atoms with Gasteiger partial charge in [0.1, 0.15) is 0 Å². The van der Waals surface area contributed by atoms with Crippen LogP contribution in [0.4, 0.5) is 5.69 Å². The summed E-state index contributed by atoms with van der Waals surface area (Å²) in [5.41, 5.74) is 10.2. The van der Waals surface area contributed by atoms with Gasteiger partial charge >= 0.3 is 0 Å². The van der Waals surface area contributed by atoms with Crippen LogP contribution in [0.5, 0.6) is 0 Å². The highest BCUT2D eigenvalue weighted by Gasteiger charge is 2.14. The van der Waals surface area contributed by atoms with Crippen LogP contribution in [0.1, 0.15) is 5.56 Å². The quantitative estimate of drug-likeness (QED) is 0.616. The number of benzene rings is 1. The number of nitrogens with one attached hydrogen (secondary N) is 1. The molecule has 1 heterocycles. The molecule has 19 heavy (non-hydrogen) atoms. The third-order valence-electron chi connectivity index (χ3n) is 3.14. The van der Waals surface area contributed by atoms with Gasteiger partial charge in [-0.3, -0.25) is 10.2 Å². The maximum Gasteiger partial charge on any atom is 0.258 e. The molecule has 0 unspecified atom stereocenters. The molecule has 5 heteroatoms. The van der Waals surface area contributed by atoms with Crippen molar-refractivity contribution in [1.82, 2.24) is 15.3 Å². The molecule has 2 rings (SSSR count). The molecule has 1 aromatic carbocycles. The number of nitrogen functional groups attached to an aromatic ring is 1. The Kier molecular flexibility index (Phi) is 4.54. The number of anilines is 1. The second-order valence-corrected chi connectivity index (χ2v) is 4.77. The van der Waals surface area contributed by atoms with E-state index >= 15 is 0 Å². The van der Waals surface area contributed by atoms with E-state index in [1.54, 1.807) is 12.2 Å². The molecule has 0 aliphatic carbocycles. The lowest BCUT2D eigenvalue weighted by Crippen LogP contribution is -2.52. The number of rotatable bonds is 3. The fraction of sp³-hybridized carbons (Fsp3) is 0.357. The minimum Gasteiger partial charge on any atom is -0.399 e. The van der Waals surface area contributed by atoms with Crippen molar-refractivity contribution in [2.45, 2.75) is 0 Å². The number of nitrogens with two attached hydrogens (primary N) is 1. The Bertz CT molecular complexity index is 447. The fourth-order valence-corrected chi connectivity index (χ4v) is 1.89. The maximum atomic E-state index is 11.8. The van der Waals surface area contributed by atoms with E-state index in [1.165, 1.54) is 0 Å². The van der Waals surface area contributed by atoms with Gasteiger partial charge in [-0.05, 0) is 30.8 Å². The summed E-state index contributed by atoms with van der Waals surface area (Å²) in [6, 6.07) is 7.40. The van der Waals surface area contributed by atoms with Crippen molar-refractivity contribution in [3.63, 3.8) is 0 Å². The first-order valence-electron chi connectivity index (χ1n) is 6.41. The van der Waals surface area contributed by atoms with Crippen LogP contribution in [-0.4, -0.2) is 49.0 Å². The number of piperazine rings is 1. The number of carbonyl (C=O) groups is 1. The normalized spacial score (nSPS) is 17.7. The first-order valence-corrected chi connectivity index (χ1v) is 6.41. The van der Waals surface area contributed by atoms with Crippen LogP contribution in [-0.2, 0) is 4.79 Å². The van der Waals surface area contributed by atoms with Crippen molar-refractivity contribution < 1.29 is 4.79 Å². The van der Waals surface area contributed by atoms with Gasteiger partial charge in [-0.2, -0.15) is 0 Å². The molecule has 1 amide bonds. The number of nitrogens with zero attached hydrogens (tertiary/aromatic N) is 2. The van der Waals surface area contributed by atoms with Gasteiger partial charge in [0.05, 0.1) is 0 Å². The lowest BCUT2D eigenvalue weighted by molar-refractivity contribution is -0.121. The summed E-state index contributed by atoms with van der Waals surface area (Å²) in [6.45, 7) is 3.67. The van der Waals surface area contributed by atoms with Crippen LogP contribution in [0.15, 0.2) is 30.3 Å². The first-order chi connectivity index (χ1) is 9.13. The van der Waals surface area contributed by atoms with Crippen molar-refractivity contribution >= 4 is 17.7 Å². The van der Waals surface area contributed by atoms with Crippen LogP contribution in [0, 0.1) is 0 Å². The number of likely N-dealkylation sites (N-methyl/N-ethyl adjacent to an activating group) is 1. The second-order valence-electron chi connectivity index (χ2n) is 4.77. The van der Waals surface area contributed by atoms with E-state index in [4.69, 9.17) is 5.73 Å². The molecule has 0 saturated carbocycles. The number of hydrogen-bond acceptors (Lipinski definition) is 4. The molecule has 1 saturated heterocycles. The Morgan fingerprint density at radius 1 is 1.21 bits per heavy atom. The summed E-state index contributed by atoms with van der Waals surface area (Å²) in [5.74, 6) is -0.0959. The molecule has 1 aliphatic rings. The zero-order valence-corrected chi connectivity index (χ0v) is 11.2. The molecular formula is C14H20N4O. The van der Waals surface area contributed by atoms with Gasteiger partial charge in [-0.1, -0.05) is 12.1 Å². The van der Waals surface area contributed by atoms with Crippen molar-refractivity contribution in [2.75, 3.05) is 39.0 Å². The smallest absolute Gasteiger partial charge is 0.258 e. The summed E-state index contributed by atoms with van der Waals surface area (Å²) < 4.78 is 0. The molecular weight excluding hydrogens is 240 g/mol. The summed E-state index contributed by atoms with van der Waals surface area (Å²) in [7, 11) is 2.08. The topological polar surface area (TPSA) is 61.6 Å². The summed E-state index contributed by atoms with van der Waals surface area (Å²) >= 11 is 0. The van der Waals surface area contributed by atoms with Crippen LogP contribution in [0.3, 0.4) is 0 Å². The molecule has 5 nitrogen and oxygen atoms in total. The van der Waals surface area contributed by atoms with Gasteiger partial charge in [0.2, 0.25) is 0 Å². The SMILES string of the molecule is CN1CCN(NC(=O)/C=C/c2ccc(N)cc2)CC1. The molecule has 102 valence electrons. The minimum atomic E-state index is -0.0959. The van der Waals surface area contributed by atoms with Crippen LogP contribution >= 0.6 is 0 Å². The molecule has 0 spiro atoms. The number of amides is 1. The zero-order valence-electron chi connectivity index (χ0n) is 11.2. The molecule has 1 aliphatic heterocycles. The van der Waals surface area contributed by atoms with Crippen LogP contribution in [0.25, 0.3) is 6.08 Å². The number of hydrazine groups is 1. The molecule has 1 aromatic rings. The average Bonchev–Trinajstić information content (AvgIpc) is 2.41. The Hall–Kier alpha value is -1.85.